The first-order chi connectivity index (χ1) is 10.7. The van der Waals surface area contributed by atoms with E-state index in [-0.39, 0.29) is 16.4 Å². The summed E-state index contributed by atoms with van der Waals surface area (Å²) in [5, 5.41) is 3.23. The largest absolute Gasteiger partial charge is 0.381 e. The van der Waals surface area contributed by atoms with Crippen LogP contribution in [0.25, 0.3) is 0 Å². The lowest BCUT2D eigenvalue weighted by Gasteiger charge is -2.38. The number of pyridine rings is 1. The molecule has 1 aromatic heterocycles. The van der Waals surface area contributed by atoms with Gasteiger partial charge in [-0.25, -0.2) is 18.1 Å². The molecular weight excluding hydrogens is 314 g/mol. The topological polar surface area (TPSA) is 80.3 Å². The number of rotatable bonds is 6. The van der Waals surface area contributed by atoms with Gasteiger partial charge in [0, 0.05) is 25.4 Å². The highest BCUT2D eigenvalue weighted by atomic mass is 32.2. The molecule has 1 aliphatic rings. The van der Waals surface area contributed by atoms with Crippen LogP contribution in [0, 0.1) is 11.3 Å². The quantitative estimate of drug-likeness (QED) is 0.829. The normalized spacial score (nSPS) is 21.3. The highest BCUT2D eigenvalue weighted by Crippen LogP contribution is 2.34. The van der Waals surface area contributed by atoms with Crippen LogP contribution in [-0.2, 0) is 14.8 Å². The molecule has 2 N–H and O–H groups in total. The third-order valence-electron chi connectivity index (χ3n) is 4.16. The van der Waals surface area contributed by atoms with E-state index < -0.39 is 10.0 Å². The highest BCUT2D eigenvalue weighted by Gasteiger charge is 2.33. The van der Waals surface area contributed by atoms with Gasteiger partial charge < -0.3 is 10.1 Å². The number of sulfonamides is 1. The molecule has 0 aliphatic carbocycles. The third-order valence-corrected chi connectivity index (χ3v) is 5.85. The maximum Gasteiger partial charge on any atom is 0.244 e. The molecule has 0 bridgehead atoms. The molecule has 0 aromatic carbocycles. The van der Waals surface area contributed by atoms with Crippen molar-refractivity contribution in [3.05, 3.63) is 18.3 Å². The van der Waals surface area contributed by atoms with Crippen LogP contribution in [0.4, 0.5) is 5.82 Å². The summed E-state index contributed by atoms with van der Waals surface area (Å²) in [7, 11) is -3.57. The first kappa shape index (κ1) is 18.2. The average Bonchev–Trinajstić information content (AvgIpc) is 2.44. The molecule has 23 heavy (non-hydrogen) atoms. The predicted octanol–water partition coefficient (Wildman–Crippen LogP) is 2.24. The molecule has 1 unspecified atom stereocenters. The molecular formula is C16H27N3O3S. The molecule has 1 atom stereocenters. The minimum Gasteiger partial charge on any atom is -0.381 e. The molecule has 2 rings (SSSR count). The van der Waals surface area contributed by atoms with E-state index in [4.69, 9.17) is 4.74 Å². The zero-order chi connectivity index (χ0) is 17.1. The van der Waals surface area contributed by atoms with E-state index in [9.17, 15) is 8.42 Å². The van der Waals surface area contributed by atoms with Gasteiger partial charge in [0.2, 0.25) is 10.0 Å². The van der Waals surface area contributed by atoms with Gasteiger partial charge in [-0.15, -0.1) is 0 Å². The summed E-state index contributed by atoms with van der Waals surface area (Å²) in [5.74, 6) is 0.815. The van der Waals surface area contributed by atoms with Crippen LogP contribution in [0.3, 0.4) is 0 Å². The predicted molar refractivity (Wildman–Crippen MR) is 90.9 cm³/mol. The average molecular weight is 341 g/mol. The molecule has 1 aliphatic heterocycles. The van der Waals surface area contributed by atoms with E-state index in [1.807, 2.05) is 0 Å². The van der Waals surface area contributed by atoms with Gasteiger partial charge in [0.25, 0.3) is 0 Å². The Morgan fingerprint density at radius 3 is 2.83 bits per heavy atom. The van der Waals surface area contributed by atoms with Crippen molar-refractivity contribution in [1.29, 1.82) is 0 Å². The van der Waals surface area contributed by atoms with Gasteiger partial charge in [0.15, 0.2) is 0 Å². The number of hydrogen-bond acceptors (Lipinski definition) is 5. The molecule has 0 amide bonds. The fourth-order valence-corrected chi connectivity index (χ4v) is 4.17. The first-order valence-electron chi connectivity index (χ1n) is 8.01. The maximum absolute atomic E-state index is 12.4. The summed E-state index contributed by atoms with van der Waals surface area (Å²) in [6.45, 7) is 10.1. The van der Waals surface area contributed by atoms with Crippen molar-refractivity contribution in [1.82, 2.24) is 9.71 Å². The lowest BCUT2D eigenvalue weighted by molar-refractivity contribution is -0.0266. The lowest BCUT2D eigenvalue weighted by Crippen LogP contribution is -2.39. The van der Waals surface area contributed by atoms with E-state index in [0.717, 1.165) is 19.6 Å². The second-order valence-electron chi connectivity index (χ2n) is 7.03. The third kappa shape index (κ3) is 4.65. The van der Waals surface area contributed by atoms with Gasteiger partial charge in [-0.1, -0.05) is 13.8 Å². The number of anilines is 1. The van der Waals surface area contributed by atoms with Gasteiger partial charge in [-0.05, 0) is 43.7 Å². The Morgan fingerprint density at radius 2 is 2.17 bits per heavy atom. The molecule has 130 valence electrons. The maximum atomic E-state index is 12.4. The van der Waals surface area contributed by atoms with Gasteiger partial charge in [-0.2, -0.15) is 0 Å². The van der Waals surface area contributed by atoms with E-state index in [0.29, 0.717) is 18.3 Å². The second-order valence-corrected chi connectivity index (χ2v) is 8.72. The lowest BCUT2D eigenvalue weighted by atomic mass is 9.76. The highest BCUT2D eigenvalue weighted by molar-refractivity contribution is 7.89. The Balaban J connectivity index is 2.15. The Morgan fingerprint density at radius 1 is 1.43 bits per heavy atom. The molecule has 1 saturated heterocycles. The standard InChI is InChI=1S/C16H27N3O3S/c1-12(2)19-23(20,21)14-6-5-8-17-15(14)18-10-13-7-9-22-11-16(13,3)4/h5-6,8,12-13,19H,7,9-11H2,1-4H3,(H,17,18). The number of nitrogens with zero attached hydrogens (tertiary/aromatic N) is 1. The van der Waals surface area contributed by atoms with Crippen molar-refractivity contribution in [3.8, 4) is 0 Å². The summed E-state index contributed by atoms with van der Waals surface area (Å²) in [6, 6.07) is 3.05. The van der Waals surface area contributed by atoms with Gasteiger partial charge in [0.05, 0.1) is 6.61 Å². The van der Waals surface area contributed by atoms with Crippen molar-refractivity contribution in [3.63, 3.8) is 0 Å². The van der Waals surface area contributed by atoms with Crippen molar-refractivity contribution in [2.45, 2.75) is 45.1 Å². The monoisotopic (exact) mass is 341 g/mol. The molecule has 0 saturated carbocycles. The van der Waals surface area contributed by atoms with Crippen LogP contribution in [0.2, 0.25) is 0 Å². The molecule has 6 nitrogen and oxygen atoms in total. The zero-order valence-electron chi connectivity index (χ0n) is 14.3. The van der Waals surface area contributed by atoms with Crippen LogP contribution in [0.1, 0.15) is 34.1 Å². The van der Waals surface area contributed by atoms with Gasteiger partial charge in [0.1, 0.15) is 10.7 Å². The van der Waals surface area contributed by atoms with Gasteiger partial charge >= 0.3 is 0 Å². The summed E-state index contributed by atoms with van der Waals surface area (Å²) < 4.78 is 33.0. The van der Waals surface area contributed by atoms with Crippen LogP contribution in [0.15, 0.2) is 23.2 Å². The summed E-state index contributed by atoms with van der Waals surface area (Å²) >= 11 is 0. The second kappa shape index (κ2) is 7.15. The zero-order valence-corrected chi connectivity index (χ0v) is 15.1. The first-order valence-corrected chi connectivity index (χ1v) is 9.49. The Hall–Kier alpha value is -1.18. The Kier molecular flexibility index (Phi) is 5.65. The molecule has 0 radical (unpaired) electrons. The number of aromatic nitrogens is 1. The fourth-order valence-electron chi connectivity index (χ4n) is 2.78. The molecule has 2 heterocycles. The van der Waals surface area contributed by atoms with E-state index >= 15 is 0 Å². The van der Waals surface area contributed by atoms with E-state index in [1.54, 1.807) is 32.2 Å². The Labute approximate surface area is 139 Å². The summed E-state index contributed by atoms with van der Waals surface area (Å²) in [5.41, 5.74) is 0.0647. The molecule has 1 aromatic rings. The fraction of sp³-hybridized carbons (Fsp3) is 0.688. The van der Waals surface area contributed by atoms with Crippen LogP contribution < -0.4 is 10.0 Å². The summed E-state index contributed by atoms with van der Waals surface area (Å²) in [6.07, 6.45) is 2.56. The number of ether oxygens (including phenoxy) is 1. The van der Waals surface area contributed by atoms with E-state index in [2.05, 4.69) is 28.9 Å². The molecule has 0 spiro atoms. The van der Waals surface area contributed by atoms with E-state index in [1.165, 1.54) is 0 Å². The number of hydrogen-bond donors (Lipinski definition) is 2. The minimum atomic E-state index is -3.57. The Bertz CT molecular complexity index is 629. The smallest absolute Gasteiger partial charge is 0.244 e. The van der Waals surface area contributed by atoms with Crippen LogP contribution in [-0.4, -0.2) is 39.2 Å². The van der Waals surface area contributed by atoms with Crippen LogP contribution in [0.5, 0.6) is 0 Å². The van der Waals surface area contributed by atoms with Crippen molar-refractivity contribution in [2.75, 3.05) is 25.1 Å². The summed E-state index contributed by atoms with van der Waals surface area (Å²) in [4.78, 5) is 4.42. The van der Waals surface area contributed by atoms with Gasteiger partial charge in [-0.3, -0.25) is 0 Å². The SMILES string of the molecule is CC(C)NS(=O)(=O)c1cccnc1NCC1CCOCC1(C)C. The van der Waals surface area contributed by atoms with Crippen LogP contribution >= 0.6 is 0 Å². The number of nitrogens with one attached hydrogen (secondary N) is 2. The molecule has 1 fully saturated rings. The minimum absolute atomic E-state index is 0.0647. The van der Waals surface area contributed by atoms with Crippen molar-refractivity contribution >= 4 is 15.8 Å². The van der Waals surface area contributed by atoms with Crippen molar-refractivity contribution < 1.29 is 13.2 Å². The van der Waals surface area contributed by atoms with Crippen molar-refractivity contribution in [2.24, 2.45) is 11.3 Å². The molecule has 7 heteroatoms.